The summed E-state index contributed by atoms with van der Waals surface area (Å²) in [4.78, 5) is 13.5. The van der Waals surface area contributed by atoms with E-state index in [1.165, 1.54) is 25.8 Å². The Morgan fingerprint density at radius 2 is 2.07 bits per heavy atom. The largest absolute Gasteiger partial charge is 0.481 e. The van der Waals surface area contributed by atoms with Crippen LogP contribution in [0.15, 0.2) is 0 Å². The molecule has 86 valence electrons. The summed E-state index contributed by atoms with van der Waals surface area (Å²) in [5.74, 6) is -0.678. The molecule has 2 fully saturated rings. The van der Waals surface area contributed by atoms with Crippen LogP contribution in [0.2, 0.25) is 0 Å². The maximum absolute atomic E-state index is 11.0. The van der Waals surface area contributed by atoms with E-state index in [9.17, 15) is 4.79 Å². The number of carboxylic acids is 1. The minimum absolute atomic E-state index is 0.0865. The van der Waals surface area contributed by atoms with Crippen molar-refractivity contribution in [1.82, 2.24) is 4.90 Å². The van der Waals surface area contributed by atoms with Crippen LogP contribution in [0.1, 0.15) is 45.4 Å². The van der Waals surface area contributed by atoms with E-state index in [2.05, 4.69) is 11.8 Å². The van der Waals surface area contributed by atoms with Gasteiger partial charge in [-0.1, -0.05) is 6.42 Å². The zero-order valence-electron chi connectivity index (χ0n) is 9.48. The van der Waals surface area contributed by atoms with Crippen LogP contribution in [-0.4, -0.2) is 34.6 Å². The number of carbonyl (C=O) groups is 1. The number of hydrogen-bond donors (Lipinski definition) is 1. The zero-order valence-corrected chi connectivity index (χ0v) is 9.48. The highest BCUT2D eigenvalue weighted by atomic mass is 16.4. The minimum atomic E-state index is -0.591. The highest BCUT2D eigenvalue weighted by molar-refractivity contribution is 5.70. The maximum Gasteiger partial charge on any atom is 0.306 e. The third-order valence-corrected chi connectivity index (χ3v) is 4.07. The SMILES string of the molecule is CC1CCCN1C1CCCC(C(=O)O)C1. The third-order valence-electron chi connectivity index (χ3n) is 4.07. The summed E-state index contributed by atoms with van der Waals surface area (Å²) >= 11 is 0. The second-order valence-electron chi connectivity index (χ2n) is 5.08. The Labute approximate surface area is 91.5 Å². The summed E-state index contributed by atoms with van der Waals surface area (Å²) in [6.07, 6.45) is 6.62. The lowest BCUT2D eigenvalue weighted by molar-refractivity contribution is -0.143. The van der Waals surface area contributed by atoms with Gasteiger partial charge in [0.1, 0.15) is 0 Å². The summed E-state index contributed by atoms with van der Waals surface area (Å²) in [6, 6.07) is 1.21. The van der Waals surface area contributed by atoms with E-state index in [-0.39, 0.29) is 5.92 Å². The van der Waals surface area contributed by atoms with E-state index in [1.54, 1.807) is 0 Å². The van der Waals surface area contributed by atoms with Crippen molar-refractivity contribution in [3.05, 3.63) is 0 Å². The van der Waals surface area contributed by atoms with Gasteiger partial charge in [-0.05, 0) is 45.6 Å². The van der Waals surface area contributed by atoms with E-state index >= 15 is 0 Å². The molecule has 0 aromatic carbocycles. The Morgan fingerprint density at radius 1 is 1.27 bits per heavy atom. The van der Waals surface area contributed by atoms with Crippen LogP contribution in [0.5, 0.6) is 0 Å². The van der Waals surface area contributed by atoms with Crippen LogP contribution >= 0.6 is 0 Å². The number of likely N-dealkylation sites (tertiary alicyclic amines) is 1. The molecule has 2 aliphatic rings. The molecule has 1 aliphatic carbocycles. The van der Waals surface area contributed by atoms with Gasteiger partial charge in [0, 0.05) is 12.1 Å². The smallest absolute Gasteiger partial charge is 0.306 e. The molecule has 0 amide bonds. The van der Waals surface area contributed by atoms with E-state index in [0.29, 0.717) is 12.1 Å². The van der Waals surface area contributed by atoms with Gasteiger partial charge in [-0.3, -0.25) is 9.69 Å². The lowest BCUT2D eigenvalue weighted by atomic mass is 9.85. The Kier molecular flexibility index (Phi) is 3.29. The summed E-state index contributed by atoms with van der Waals surface area (Å²) < 4.78 is 0. The maximum atomic E-state index is 11.0. The number of hydrogen-bond acceptors (Lipinski definition) is 2. The first-order valence-corrected chi connectivity index (χ1v) is 6.17. The molecule has 2 rings (SSSR count). The van der Waals surface area contributed by atoms with Gasteiger partial charge in [0.25, 0.3) is 0 Å². The molecule has 0 aromatic rings. The zero-order chi connectivity index (χ0) is 10.8. The molecule has 1 heterocycles. The molecule has 0 bridgehead atoms. The molecule has 1 N–H and O–H groups in total. The Balaban J connectivity index is 1.94. The first-order valence-electron chi connectivity index (χ1n) is 6.17. The predicted molar refractivity (Wildman–Crippen MR) is 58.8 cm³/mol. The quantitative estimate of drug-likeness (QED) is 0.760. The van der Waals surface area contributed by atoms with Crippen LogP contribution in [0.4, 0.5) is 0 Å². The van der Waals surface area contributed by atoms with Crippen molar-refractivity contribution in [2.75, 3.05) is 6.54 Å². The van der Waals surface area contributed by atoms with Crippen molar-refractivity contribution in [3.63, 3.8) is 0 Å². The van der Waals surface area contributed by atoms with E-state index < -0.39 is 5.97 Å². The Hall–Kier alpha value is -0.570. The average molecular weight is 211 g/mol. The lowest BCUT2D eigenvalue weighted by Gasteiger charge is -2.36. The first-order chi connectivity index (χ1) is 7.18. The number of aliphatic carboxylic acids is 1. The van der Waals surface area contributed by atoms with Gasteiger partial charge in [-0.2, -0.15) is 0 Å². The molecule has 0 spiro atoms. The van der Waals surface area contributed by atoms with E-state index in [4.69, 9.17) is 5.11 Å². The minimum Gasteiger partial charge on any atom is -0.481 e. The number of nitrogens with zero attached hydrogens (tertiary/aromatic N) is 1. The van der Waals surface area contributed by atoms with Crippen LogP contribution < -0.4 is 0 Å². The monoisotopic (exact) mass is 211 g/mol. The fourth-order valence-electron chi connectivity index (χ4n) is 3.19. The van der Waals surface area contributed by atoms with Gasteiger partial charge >= 0.3 is 5.97 Å². The van der Waals surface area contributed by atoms with Gasteiger partial charge in [0.05, 0.1) is 5.92 Å². The molecule has 3 unspecified atom stereocenters. The molecular weight excluding hydrogens is 190 g/mol. The van der Waals surface area contributed by atoms with Gasteiger partial charge in [0.2, 0.25) is 0 Å². The Bertz CT molecular complexity index is 242. The van der Waals surface area contributed by atoms with Crippen LogP contribution in [0.3, 0.4) is 0 Å². The summed E-state index contributed by atoms with van der Waals surface area (Å²) in [7, 11) is 0. The van der Waals surface area contributed by atoms with Gasteiger partial charge in [0.15, 0.2) is 0 Å². The first kappa shape index (κ1) is 10.9. The summed E-state index contributed by atoms with van der Waals surface area (Å²) in [5.41, 5.74) is 0. The van der Waals surface area contributed by atoms with Gasteiger partial charge in [-0.15, -0.1) is 0 Å². The molecule has 1 aliphatic heterocycles. The van der Waals surface area contributed by atoms with Crippen LogP contribution in [-0.2, 0) is 4.79 Å². The second-order valence-corrected chi connectivity index (χ2v) is 5.08. The standard InChI is InChI=1S/C12H21NO2/c1-9-4-3-7-13(9)11-6-2-5-10(8-11)12(14)15/h9-11H,2-8H2,1H3,(H,14,15). The van der Waals surface area contributed by atoms with Gasteiger partial charge < -0.3 is 5.11 Å². The fourth-order valence-corrected chi connectivity index (χ4v) is 3.19. The molecule has 3 atom stereocenters. The van der Waals surface area contributed by atoms with Gasteiger partial charge in [-0.25, -0.2) is 0 Å². The van der Waals surface area contributed by atoms with Crippen LogP contribution in [0.25, 0.3) is 0 Å². The summed E-state index contributed by atoms with van der Waals surface area (Å²) in [5, 5.41) is 9.05. The molecule has 1 saturated carbocycles. The third kappa shape index (κ3) is 2.33. The molecule has 3 heteroatoms. The highest BCUT2D eigenvalue weighted by Crippen LogP contribution is 2.32. The predicted octanol–water partition coefficient (Wildman–Crippen LogP) is 2.11. The average Bonchev–Trinajstić information content (AvgIpc) is 2.64. The molecule has 1 saturated heterocycles. The Morgan fingerprint density at radius 3 is 2.67 bits per heavy atom. The fraction of sp³-hybridized carbons (Fsp3) is 0.917. The number of rotatable bonds is 2. The summed E-state index contributed by atoms with van der Waals surface area (Å²) in [6.45, 7) is 3.45. The highest BCUT2D eigenvalue weighted by Gasteiger charge is 2.33. The normalized spacial score (nSPS) is 38.1. The lowest BCUT2D eigenvalue weighted by Crippen LogP contribution is -2.41. The van der Waals surface area contributed by atoms with E-state index in [0.717, 1.165) is 19.3 Å². The van der Waals surface area contributed by atoms with Crippen molar-refractivity contribution in [1.29, 1.82) is 0 Å². The van der Waals surface area contributed by atoms with Crippen molar-refractivity contribution in [2.24, 2.45) is 5.92 Å². The molecule has 3 nitrogen and oxygen atoms in total. The molecule has 0 radical (unpaired) electrons. The van der Waals surface area contributed by atoms with Crippen molar-refractivity contribution in [2.45, 2.75) is 57.5 Å². The molecular formula is C12H21NO2. The van der Waals surface area contributed by atoms with Crippen molar-refractivity contribution >= 4 is 5.97 Å². The van der Waals surface area contributed by atoms with E-state index in [1.807, 2.05) is 0 Å². The van der Waals surface area contributed by atoms with Crippen molar-refractivity contribution < 1.29 is 9.90 Å². The topological polar surface area (TPSA) is 40.5 Å². The number of carboxylic acid groups (broad SMARTS) is 1. The van der Waals surface area contributed by atoms with Crippen LogP contribution in [0, 0.1) is 5.92 Å². The second kappa shape index (κ2) is 4.52. The molecule has 15 heavy (non-hydrogen) atoms. The molecule has 0 aromatic heterocycles. The van der Waals surface area contributed by atoms with Crippen molar-refractivity contribution in [3.8, 4) is 0 Å².